The Labute approximate surface area is 46.6 Å². The molecule has 0 aromatic rings. The van der Waals surface area contributed by atoms with Gasteiger partial charge in [0.1, 0.15) is 0 Å². The highest BCUT2D eigenvalue weighted by Gasteiger charge is 1.88. The molecule has 0 aliphatic rings. The summed E-state index contributed by atoms with van der Waals surface area (Å²) in [6.07, 6.45) is 0.519. The average Bonchev–Trinajstić information content (AvgIpc) is 1.83. The van der Waals surface area contributed by atoms with Crippen molar-refractivity contribution in [1.82, 2.24) is 0 Å². The quantitative estimate of drug-likeness (QED) is 0.388. The van der Waals surface area contributed by atoms with Gasteiger partial charge in [-0.05, 0) is 0 Å². The van der Waals surface area contributed by atoms with Gasteiger partial charge in [-0.25, -0.2) is 0 Å². The summed E-state index contributed by atoms with van der Waals surface area (Å²) in [4.78, 5) is 19.6. The van der Waals surface area contributed by atoms with E-state index >= 15 is 0 Å². The van der Waals surface area contributed by atoms with E-state index < -0.39 is 0 Å². The predicted molar refractivity (Wildman–Crippen MR) is 26.2 cm³/mol. The van der Waals surface area contributed by atoms with Gasteiger partial charge in [-0.1, -0.05) is 6.92 Å². The molecule has 0 bridgehead atoms. The molecule has 0 aromatic carbocycles. The molecule has 0 heterocycles. The Balaban J connectivity index is 3.52. The molecule has 44 valence electrons. The molecular weight excluding hydrogens is 108 g/mol. The van der Waals surface area contributed by atoms with Crippen molar-refractivity contribution < 1.29 is 9.59 Å². The van der Waals surface area contributed by atoms with Crippen molar-refractivity contribution in [2.24, 2.45) is 10.2 Å². The normalized spacial score (nSPS) is 9.62. The van der Waals surface area contributed by atoms with Crippen LogP contribution < -0.4 is 0 Å². The SMILES string of the molecule is CCC(=O)/N=N/C=O. The van der Waals surface area contributed by atoms with Gasteiger partial charge < -0.3 is 0 Å². The number of carbonyl (C=O) groups excluding carboxylic acids is 2. The predicted octanol–water partition coefficient (Wildman–Crippen LogP) is 0.532. The van der Waals surface area contributed by atoms with Crippen molar-refractivity contribution in [2.45, 2.75) is 13.3 Å². The Morgan fingerprint density at radius 1 is 1.75 bits per heavy atom. The summed E-state index contributed by atoms with van der Waals surface area (Å²) in [5, 5.41) is 5.82. The van der Waals surface area contributed by atoms with Gasteiger partial charge in [0.2, 0.25) is 0 Å². The second kappa shape index (κ2) is 4.11. The molecule has 0 fully saturated rings. The van der Waals surface area contributed by atoms with Gasteiger partial charge in [0.05, 0.1) is 0 Å². The first-order chi connectivity index (χ1) is 3.81. The Hall–Kier alpha value is -1.06. The van der Waals surface area contributed by atoms with Crippen LogP contribution in [0.4, 0.5) is 0 Å². The highest BCUT2D eigenvalue weighted by molar-refractivity contribution is 5.76. The fourth-order valence-electron chi connectivity index (χ4n) is 0.159. The number of rotatable bonds is 2. The summed E-state index contributed by atoms with van der Waals surface area (Å²) in [7, 11) is 0. The van der Waals surface area contributed by atoms with E-state index in [2.05, 4.69) is 10.2 Å². The molecule has 0 aromatic heterocycles. The van der Waals surface area contributed by atoms with E-state index in [1.54, 1.807) is 6.92 Å². The first-order valence-corrected chi connectivity index (χ1v) is 2.18. The zero-order chi connectivity index (χ0) is 6.41. The summed E-state index contributed by atoms with van der Waals surface area (Å²) < 4.78 is 0. The van der Waals surface area contributed by atoms with Gasteiger partial charge in [0.15, 0.2) is 0 Å². The van der Waals surface area contributed by atoms with Gasteiger partial charge >= 0.3 is 0 Å². The van der Waals surface area contributed by atoms with Crippen LogP contribution in [0, 0.1) is 0 Å². The molecular formula is C4H6N2O2. The minimum absolute atomic E-state index is 0.230. The maximum absolute atomic E-state index is 10.2. The molecule has 0 unspecified atom stereocenters. The maximum atomic E-state index is 10.2. The van der Waals surface area contributed by atoms with Gasteiger partial charge in [-0.15, -0.1) is 10.2 Å². The maximum Gasteiger partial charge on any atom is 0.264 e. The minimum atomic E-state index is -0.378. The third-order valence-electron chi connectivity index (χ3n) is 0.519. The molecule has 0 aliphatic carbocycles. The molecule has 8 heavy (non-hydrogen) atoms. The van der Waals surface area contributed by atoms with Gasteiger partial charge in [-0.3, -0.25) is 9.59 Å². The number of nitrogens with zero attached hydrogens (tertiary/aromatic N) is 2. The molecule has 2 amide bonds. The smallest absolute Gasteiger partial charge is 0.264 e. The molecule has 0 N–H and O–H groups in total. The molecule has 0 radical (unpaired) electrons. The van der Waals surface area contributed by atoms with E-state index in [1.165, 1.54) is 0 Å². The van der Waals surface area contributed by atoms with Crippen LogP contribution in [0.2, 0.25) is 0 Å². The fourth-order valence-corrected chi connectivity index (χ4v) is 0.159. The van der Waals surface area contributed by atoms with E-state index in [-0.39, 0.29) is 18.7 Å². The van der Waals surface area contributed by atoms with Crippen molar-refractivity contribution in [3.63, 3.8) is 0 Å². The summed E-state index contributed by atoms with van der Waals surface area (Å²) in [5.74, 6) is -0.378. The number of amides is 2. The number of azo groups is 1. The van der Waals surface area contributed by atoms with Crippen LogP contribution in [-0.2, 0) is 9.59 Å². The lowest BCUT2D eigenvalue weighted by atomic mass is 10.5. The average molecular weight is 114 g/mol. The third kappa shape index (κ3) is 3.14. The largest absolute Gasteiger partial charge is 0.275 e. The topological polar surface area (TPSA) is 58.9 Å². The zero-order valence-electron chi connectivity index (χ0n) is 4.50. The van der Waals surface area contributed by atoms with E-state index in [4.69, 9.17) is 0 Å². The number of hydrogen-bond acceptors (Lipinski definition) is 2. The molecule has 0 atom stereocenters. The minimum Gasteiger partial charge on any atom is -0.275 e. The Morgan fingerprint density at radius 3 is 2.75 bits per heavy atom. The van der Waals surface area contributed by atoms with E-state index in [9.17, 15) is 9.59 Å². The standard InChI is InChI=1S/C4H6N2O2/c1-2-4(8)6-5-3-7/h3H,2H2,1H3/b6-5+. The second-order valence-corrected chi connectivity index (χ2v) is 1.07. The molecule has 0 saturated carbocycles. The number of hydrogen-bond donors (Lipinski definition) is 0. The lowest BCUT2D eigenvalue weighted by Gasteiger charge is -1.76. The molecule has 0 spiro atoms. The first-order valence-electron chi connectivity index (χ1n) is 2.18. The van der Waals surface area contributed by atoms with Gasteiger partial charge in [0, 0.05) is 6.42 Å². The van der Waals surface area contributed by atoms with Crippen LogP contribution >= 0.6 is 0 Å². The van der Waals surface area contributed by atoms with Crippen LogP contribution in [0.3, 0.4) is 0 Å². The van der Waals surface area contributed by atoms with Crippen molar-refractivity contribution in [3.8, 4) is 0 Å². The van der Waals surface area contributed by atoms with Crippen LogP contribution in [0.1, 0.15) is 13.3 Å². The van der Waals surface area contributed by atoms with Crippen molar-refractivity contribution in [1.29, 1.82) is 0 Å². The van der Waals surface area contributed by atoms with E-state index in [1.807, 2.05) is 0 Å². The second-order valence-electron chi connectivity index (χ2n) is 1.07. The molecule has 0 saturated heterocycles. The third-order valence-corrected chi connectivity index (χ3v) is 0.519. The molecule has 4 heteroatoms. The van der Waals surface area contributed by atoms with Crippen LogP contribution in [-0.4, -0.2) is 12.3 Å². The Bertz CT molecular complexity index is 119. The molecule has 0 aliphatic heterocycles. The van der Waals surface area contributed by atoms with Crippen molar-refractivity contribution >= 4 is 12.3 Å². The van der Waals surface area contributed by atoms with Crippen molar-refractivity contribution in [2.75, 3.05) is 0 Å². The van der Waals surface area contributed by atoms with Crippen LogP contribution in [0.25, 0.3) is 0 Å². The lowest BCUT2D eigenvalue weighted by Crippen LogP contribution is -1.85. The van der Waals surface area contributed by atoms with Gasteiger partial charge in [0.25, 0.3) is 12.3 Å². The highest BCUT2D eigenvalue weighted by Crippen LogP contribution is 1.80. The summed E-state index contributed by atoms with van der Waals surface area (Å²) in [6.45, 7) is 1.64. The first kappa shape index (κ1) is 6.94. The molecule has 0 rings (SSSR count). The van der Waals surface area contributed by atoms with Crippen molar-refractivity contribution in [3.05, 3.63) is 0 Å². The number of carbonyl (C=O) groups is 2. The van der Waals surface area contributed by atoms with E-state index in [0.29, 0.717) is 0 Å². The zero-order valence-corrected chi connectivity index (χ0v) is 4.50. The van der Waals surface area contributed by atoms with Crippen LogP contribution in [0.5, 0.6) is 0 Å². The summed E-state index contributed by atoms with van der Waals surface area (Å²) >= 11 is 0. The van der Waals surface area contributed by atoms with Gasteiger partial charge in [-0.2, -0.15) is 0 Å². The highest BCUT2D eigenvalue weighted by atomic mass is 16.2. The lowest BCUT2D eigenvalue weighted by molar-refractivity contribution is -0.119. The Kier molecular flexibility index (Phi) is 3.56. The Morgan fingerprint density at radius 2 is 2.38 bits per heavy atom. The molecule has 4 nitrogen and oxygen atoms in total. The van der Waals surface area contributed by atoms with Crippen LogP contribution in [0.15, 0.2) is 10.2 Å². The summed E-state index contributed by atoms with van der Waals surface area (Å²) in [5.41, 5.74) is 0. The summed E-state index contributed by atoms with van der Waals surface area (Å²) in [6, 6.07) is 0. The van der Waals surface area contributed by atoms with E-state index in [0.717, 1.165) is 0 Å². The fraction of sp³-hybridized carbons (Fsp3) is 0.500. The monoisotopic (exact) mass is 114 g/mol.